The molecule has 1 aliphatic rings. The topological polar surface area (TPSA) is 67.9 Å². The Hall–Kier alpha value is -2.24. The van der Waals surface area contributed by atoms with Crippen molar-refractivity contribution in [2.75, 3.05) is 26.1 Å². The summed E-state index contributed by atoms with van der Waals surface area (Å²) < 4.78 is 10.4. The van der Waals surface area contributed by atoms with E-state index in [4.69, 9.17) is 9.47 Å². The summed E-state index contributed by atoms with van der Waals surface area (Å²) >= 11 is 0. The van der Waals surface area contributed by atoms with E-state index in [0.29, 0.717) is 17.2 Å². The van der Waals surface area contributed by atoms with Crippen molar-refractivity contribution < 1.29 is 19.1 Å². The lowest BCUT2D eigenvalue weighted by atomic mass is 9.94. The molecule has 1 N–H and O–H groups in total. The molecule has 0 unspecified atom stereocenters. The van der Waals surface area contributed by atoms with E-state index >= 15 is 0 Å². The average molecular weight is 334 g/mol. The average Bonchev–Trinajstić information content (AvgIpc) is 2.60. The monoisotopic (exact) mass is 334 g/mol. The summed E-state index contributed by atoms with van der Waals surface area (Å²) in [4.78, 5) is 26.0. The molecule has 2 amide bonds. The first kappa shape index (κ1) is 18.1. The molecule has 0 heterocycles. The van der Waals surface area contributed by atoms with Crippen molar-refractivity contribution in [3.63, 3.8) is 0 Å². The molecule has 132 valence electrons. The van der Waals surface area contributed by atoms with Gasteiger partial charge in [-0.25, -0.2) is 0 Å². The summed E-state index contributed by atoms with van der Waals surface area (Å²) in [6.07, 6.45) is 5.37. The highest BCUT2D eigenvalue weighted by Gasteiger charge is 2.25. The number of amides is 2. The van der Waals surface area contributed by atoms with Crippen molar-refractivity contribution in [1.82, 2.24) is 4.90 Å². The van der Waals surface area contributed by atoms with Crippen molar-refractivity contribution in [3.05, 3.63) is 18.2 Å². The molecule has 0 saturated heterocycles. The highest BCUT2D eigenvalue weighted by molar-refractivity contribution is 5.95. The van der Waals surface area contributed by atoms with Gasteiger partial charge in [0.15, 0.2) is 0 Å². The van der Waals surface area contributed by atoms with Crippen molar-refractivity contribution in [3.8, 4) is 11.5 Å². The number of methoxy groups -OCH3 is 2. The van der Waals surface area contributed by atoms with Crippen LogP contribution in [0.1, 0.15) is 39.0 Å². The van der Waals surface area contributed by atoms with Gasteiger partial charge >= 0.3 is 0 Å². The first-order valence-electron chi connectivity index (χ1n) is 8.34. The van der Waals surface area contributed by atoms with Crippen LogP contribution in [-0.2, 0) is 9.59 Å². The summed E-state index contributed by atoms with van der Waals surface area (Å²) in [5.74, 6) is 0.894. The summed E-state index contributed by atoms with van der Waals surface area (Å²) in [5.41, 5.74) is 0.565. The Balaban J connectivity index is 2.04. The quantitative estimate of drug-likeness (QED) is 0.868. The van der Waals surface area contributed by atoms with E-state index in [1.165, 1.54) is 20.5 Å². The molecule has 1 saturated carbocycles. The number of nitrogens with one attached hydrogen (secondary N) is 1. The summed E-state index contributed by atoms with van der Waals surface area (Å²) in [7, 11) is 3.11. The van der Waals surface area contributed by atoms with Gasteiger partial charge in [-0.3, -0.25) is 9.59 Å². The SMILES string of the molecule is COc1ccc(NC(=O)CN(C(C)=O)C2CCCCC2)c(OC)c1. The minimum absolute atomic E-state index is 0.0567. The van der Waals surface area contributed by atoms with Crippen LogP contribution < -0.4 is 14.8 Å². The molecule has 24 heavy (non-hydrogen) atoms. The minimum Gasteiger partial charge on any atom is -0.497 e. The summed E-state index contributed by atoms with van der Waals surface area (Å²) in [6.45, 7) is 1.59. The second-order valence-corrected chi connectivity index (χ2v) is 6.05. The molecule has 1 aliphatic carbocycles. The first-order valence-corrected chi connectivity index (χ1v) is 8.34. The van der Waals surface area contributed by atoms with Crippen LogP contribution in [0.2, 0.25) is 0 Å². The standard InChI is InChI=1S/C18H26N2O4/c1-13(21)20(14-7-5-4-6-8-14)12-18(22)19-16-10-9-15(23-2)11-17(16)24-3/h9-11,14H,4-8,12H2,1-3H3,(H,19,22). The number of nitrogens with zero attached hydrogens (tertiary/aromatic N) is 1. The fourth-order valence-corrected chi connectivity index (χ4v) is 3.14. The normalized spacial score (nSPS) is 14.8. The van der Waals surface area contributed by atoms with Crippen LogP contribution in [0.25, 0.3) is 0 Å². The van der Waals surface area contributed by atoms with E-state index in [-0.39, 0.29) is 24.4 Å². The van der Waals surface area contributed by atoms with Gasteiger partial charge in [0, 0.05) is 19.0 Å². The molecule has 1 aromatic rings. The van der Waals surface area contributed by atoms with Gasteiger partial charge in [0.2, 0.25) is 11.8 Å². The molecular weight excluding hydrogens is 308 g/mol. The van der Waals surface area contributed by atoms with Gasteiger partial charge in [-0.05, 0) is 25.0 Å². The third-order valence-electron chi connectivity index (χ3n) is 4.42. The zero-order valence-corrected chi connectivity index (χ0v) is 14.6. The van der Waals surface area contributed by atoms with E-state index in [0.717, 1.165) is 25.7 Å². The number of hydrogen-bond acceptors (Lipinski definition) is 4. The zero-order valence-electron chi connectivity index (χ0n) is 14.6. The van der Waals surface area contributed by atoms with Gasteiger partial charge in [0.25, 0.3) is 0 Å². The van der Waals surface area contributed by atoms with E-state index < -0.39 is 0 Å². The fourth-order valence-electron chi connectivity index (χ4n) is 3.14. The predicted octanol–water partition coefficient (Wildman–Crippen LogP) is 2.82. The number of benzene rings is 1. The van der Waals surface area contributed by atoms with Gasteiger partial charge in [0.1, 0.15) is 18.0 Å². The Labute approximate surface area is 143 Å². The van der Waals surface area contributed by atoms with Gasteiger partial charge < -0.3 is 19.7 Å². The summed E-state index contributed by atoms with van der Waals surface area (Å²) in [6, 6.07) is 5.36. The highest BCUT2D eigenvalue weighted by atomic mass is 16.5. The fraction of sp³-hybridized carbons (Fsp3) is 0.556. The molecule has 1 aromatic carbocycles. The molecule has 1 fully saturated rings. The molecule has 0 atom stereocenters. The minimum atomic E-state index is -0.223. The van der Waals surface area contributed by atoms with Gasteiger partial charge in [-0.1, -0.05) is 19.3 Å². The van der Waals surface area contributed by atoms with E-state index in [1.54, 1.807) is 30.2 Å². The maximum absolute atomic E-state index is 12.4. The van der Waals surface area contributed by atoms with Crippen LogP contribution in [0.4, 0.5) is 5.69 Å². The van der Waals surface area contributed by atoms with Crippen molar-refractivity contribution in [2.24, 2.45) is 0 Å². The van der Waals surface area contributed by atoms with E-state index in [1.807, 2.05) is 0 Å². The maximum Gasteiger partial charge on any atom is 0.244 e. The number of carbonyl (C=O) groups is 2. The molecule has 0 aromatic heterocycles. The Bertz CT molecular complexity index is 582. The second kappa shape index (κ2) is 8.57. The smallest absolute Gasteiger partial charge is 0.244 e. The Morgan fingerprint density at radius 2 is 1.88 bits per heavy atom. The number of hydrogen-bond donors (Lipinski definition) is 1. The van der Waals surface area contributed by atoms with Crippen LogP contribution in [0.5, 0.6) is 11.5 Å². The molecule has 0 spiro atoms. The maximum atomic E-state index is 12.4. The Morgan fingerprint density at radius 1 is 1.17 bits per heavy atom. The van der Waals surface area contributed by atoms with Crippen LogP contribution >= 0.6 is 0 Å². The van der Waals surface area contributed by atoms with Gasteiger partial charge in [-0.2, -0.15) is 0 Å². The van der Waals surface area contributed by atoms with Crippen molar-refractivity contribution >= 4 is 17.5 Å². The molecule has 6 heteroatoms. The molecule has 0 radical (unpaired) electrons. The van der Waals surface area contributed by atoms with Gasteiger partial charge in [0.05, 0.1) is 19.9 Å². The number of carbonyl (C=O) groups excluding carboxylic acids is 2. The third-order valence-corrected chi connectivity index (χ3v) is 4.42. The third kappa shape index (κ3) is 4.63. The van der Waals surface area contributed by atoms with Crippen LogP contribution in [0, 0.1) is 0 Å². The highest BCUT2D eigenvalue weighted by Crippen LogP contribution is 2.29. The lowest BCUT2D eigenvalue weighted by Gasteiger charge is -2.33. The van der Waals surface area contributed by atoms with Crippen LogP contribution in [0.3, 0.4) is 0 Å². The Morgan fingerprint density at radius 3 is 2.46 bits per heavy atom. The van der Waals surface area contributed by atoms with Crippen LogP contribution in [0.15, 0.2) is 18.2 Å². The first-order chi connectivity index (χ1) is 11.5. The number of ether oxygens (including phenoxy) is 2. The molecule has 2 rings (SSSR count). The number of rotatable bonds is 6. The van der Waals surface area contributed by atoms with Gasteiger partial charge in [-0.15, -0.1) is 0 Å². The Kier molecular flexibility index (Phi) is 6.46. The van der Waals surface area contributed by atoms with Crippen LogP contribution in [-0.4, -0.2) is 43.5 Å². The molecule has 0 aliphatic heterocycles. The van der Waals surface area contributed by atoms with E-state index in [2.05, 4.69) is 5.32 Å². The lowest BCUT2D eigenvalue weighted by molar-refractivity contribution is -0.135. The molecule has 0 bridgehead atoms. The second-order valence-electron chi connectivity index (χ2n) is 6.05. The lowest BCUT2D eigenvalue weighted by Crippen LogP contribution is -2.44. The zero-order chi connectivity index (χ0) is 17.5. The van der Waals surface area contributed by atoms with E-state index in [9.17, 15) is 9.59 Å². The van der Waals surface area contributed by atoms with Crippen molar-refractivity contribution in [1.29, 1.82) is 0 Å². The number of anilines is 1. The summed E-state index contributed by atoms with van der Waals surface area (Å²) in [5, 5.41) is 2.82. The molecular formula is C18H26N2O4. The van der Waals surface area contributed by atoms with Crippen molar-refractivity contribution in [2.45, 2.75) is 45.1 Å². The largest absolute Gasteiger partial charge is 0.497 e. The predicted molar refractivity (Wildman–Crippen MR) is 92.4 cm³/mol. The molecule has 6 nitrogen and oxygen atoms in total.